The second kappa shape index (κ2) is 4.81. The second-order valence-corrected chi connectivity index (χ2v) is 5.42. The lowest BCUT2D eigenvalue weighted by Gasteiger charge is -2.13. The number of fused-ring (bicyclic) bond motifs is 1. The zero-order valence-electron chi connectivity index (χ0n) is 11.2. The Kier molecular flexibility index (Phi) is 3.16. The van der Waals surface area contributed by atoms with E-state index in [0.29, 0.717) is 6.04 Å². The van der Waals surface area contributed by atoms with Crippen molar-refractivity contribution >= 4 is 0 Å². The van der Waals surface area contributed by atoms with Gasteiger partial charge in [0.1, 0.15) is 6.10 Å². The zero-order chi connectivity index (χ0) is 12.5. The van der Waals surface area contributed by atoms with Crippen molar-refractivity contribution in [3.8, 4) is 11.5 Å². The molecule has 2 aliphatic rings. The zero-order valence-corrected chi connectivity index (χ0v) is 11.2. The highest BCUT2D eigenvalue weighted by Crippen LogP contribution is 2.39. The van der Waals surface area contributed by atoms with Crippen LogP contribution in [0.4, 0.5) is 0 Å². The lowest BCUT2D eigenvalue weighted by atomic mass is 10.00. The summed E-state index contributed by atoms with van der Waals surface area (Å²) in [7, 11) is 1.72. The molecule has 1 aromatic rings. The number of nitrogens with one attached hydrogen (secondary N) is 1. The summed E-state index contributed by atoms with van der Waals surface area (Å²) in [6.45, 7) is 3.27. The van der Waals surface area contributed by atoms with Crippen LogP contribution in [0.5, 0.6) is 11.5 Å². The molecule has 1 saturated heterocycles. The van der Waals surface area contributed by atoms with Gasteiger partial charge in [0.2, 0.25) is 0 Å². The Balaban J connectivity index is 1.85. The molecule has 0 amide bonds. The van der Waals surface area contributed by atoms with E-state index in [0.717, 1.165) is 30.9 Å². The molecule has 0 aliphatic carbocycles. The quantitative estimate of drug-likeness (QED) is 0.889. The van der Waals surface area contributed by atoms with E-state index >= 15 is 0 Å². The fraction of sp³-hybridized carbons (Fsp3) is 0.600. The molecule has 2 unspecified atom stereocenters. The van der Waals surface area contributed by atoms with E-state index in [1.54, 1.807) is 7.11 Å². The molecule has 2 atom stereocenters. The second-order valence-electron chi connectivity index (χ2n) is 5.42. The summed E-state index contributed by atoms with van der Waals surface area (Å²) in [6, 6.07) is 5.06. The minimum absolute atomic E-state index is 0.272. The van der Waals surface area contributed by atoms with E-state index in [2.05, 4.69) is 24.4 Å². The van der Waals surface area contributed by atoms with Crippen molar-refractivity contribution in [3.63, 3.8) is 0 Å². The van der Waals surface area contributed by atoms with Crippen LogP contribution < -0.4 is 14.8 Å². The number of benzene rings is 1. The first-order valence-corrected chi connectivity index (χ1v) is 6.86. The number of rotatable bonds is 3. The van der Waals surface area contributed by atoms with Crippen LogP contribution in [-0.4, -0.2) is 25.8 Å². The van der Waals surface area contributed by atoms with Gasteiger partial charge in [-0.25, -0.2) is 0 Å². The molecule has 1 fully saturated rings. The Hall–Kier alpha value is -1.22. The Morgan fingerprint density at radius 1 is 1.44 bits per heavy atom. The van der Waals surface area contributed by atoms with Crippen LogP contribution >= 0.6 is 0 Å². The number of ether oxygens (including phenoxy) is 2. The van der Waals surface area contributed by atoms with E-state index in [-0.39, 0.29) is 6.10 Å². The summed E-state index contributed by atoms with van der Waals surface area (Å²) in [6.07, 6.45) is 4.95. The fourth-order valence-corrected chi connectivity index (χ4v) is 3.05. The van der Waals surface area contributed by atoms with E-state index in [1.165, 1.54) is 24.0 Å². The summed E-state index contributed by atoms with van der Waals surface area (Å²) in [5.41, 5.74) is 2.66. The monoisotopic (exact) mass is 247 g/mol. The highest BCUT2D eigenvalue weighted by atomic mass is 16.5. The van der Waals surface area contributed by atoms with E-state index < -0.39 is 0 Å². The van der Waals surface area contributed by atoms with Gasteiger partial charge in [0, 0.05) is 18.0 Å². The minimum Gasteiger partial charge on any atom is -0.493 e. The highest BCUT2D eigenvalue weighted by Gasteiger charge is 2.24. The normalized spacial score (nSPS) is 25.9. The van der Waals surface area contributed by atoms with Crippen LogP contribution in [0.25, 0.3) is 0 Å². The van der Waals surface area contributed by atoms with Crippen molar-refractivity contribution in [3.05, 3.63) is 23.3 Å². The van der Waals surface area contributed by atoms with E-state index in [1.807, 2.05) is 0 Å². The molecule has 18 heavy (non-hydrogen) atoms. The van der Waals surface area contributed by atoms with E-state index in [4.69, 9.17) is 9.47 Å². The van der Waals surface area contributed by atoms with Crippen molar-refractivity contribution in [2.75, 3.05) is 13.7 Å². The number of methoxy groups -OCH3 is 1. The van der Waals surface area contributed by atoms with Crippen molar-refractivity contribution in [2.24, 2.45) is 0 Å². The van der Waals surface area contributed by atoms with Gasteiger partial charge in [-0.15, -0.1) is 0 Å². The first-order valence-electron chi connectivity index (χ1n) is 6.86. The first-order chi connectivity index (χ1) is 8.76. The standard InChI is InChI=1S/C15H21NO2/c1-10-6-12-7-11(8-13-4-3-5-16-13)9-14(17-2)15(12)18-10/h7,9-10,13,16H,3-6,8H2,1-2H3. The third-order valence-electron chi connectivity index (χ3n) is 3.88. The Labute approximate surface area is 108 Å². The van der Waals surface area contributed by atoms with Crippen LogP contribution in [0.3, 0.4) is 0 Å². The molecule has 0 radical (unpaired) electrons. The molecule has 0 aromatic heterocycles. The third kappa shape index (κ3) is 2.19. The molecule has 3 nitrogen and oxygen atoms in total. The summed E-state index contributed by atoms with van der Waals surface area (Å²) in [4.78, 5) is 0. The molecule has 0 bridgehead atoms. The maximum atomic E-state index is 5.81. The SMILES string of the molecule is COc1cc(CC2CCCN2)cc2c1OC(C)C2. The number of hydrogen-bond acceptors (Lipinski definition) is 3. The predicted molar refractivity (Wildman–Crippen MR) is 71.5 cm³/mol. The number of hydrogen-bond donors (Lipinski definition) is 1. The van der Waals surface area contributed by atoms with Crippen LogP contribution in [0, 0.1) is 0 Å². The van der Waals surface area contributed by atoms with Gasteiger partial charge in [0.15, 0.2) is 11.5 Å². The highest BCUT2D eigenvalue weighted by molar-refractivity contribution is 5.52. The molecule has 1 aromatic carbocycles. The Morgan fingerprint density at radius 3 is 3.06 bits per heavy atom. The van der Waals surface area contributed by atoms with Gasteiger partial charge in [0.25, 0.3) is 0 Å². The van der Waals surface area contributed by atoms with Crippen molar-refractivity contribution < 1.29 is 9.47 Å². The van der Waals surface area contributed by atoms with Crippen LogP contribution in [0.2, 0.25) is 0 Å². The van der Waals surface area contributed by atoms with Gasteiger partial charge >= 0.3 is 0 Å². The summed E-state index contributed by atoms with van der Waals surface area (Å²) in [5, 5.41) is 3.55. The van der Waals surface area contributed by atoms with Crippen LogP contribution in [0.1, 0.15) is 30.9 Å². The lowest BCUT2D eigenvalue weighted by molar-refractivity contribution is 0.243. The molecule has 0 saturated carbocycles. The molecule has 1 N–H and O–H groups in total. The van der Waals surface area contributed by atoms with Crippen molar-refractivity contribution in [1.82, 2.24) is 5.32 Å². The summed E-state index contributed by atoms with van der Waals surface area (Å²) in [5.74, 6) is 1.85. The Bertz CT molecular complexity index is 438. The molecule has 3 rings (SSSR count). The molecular weight excluding hydrogens is 226 g/mol. The molecule has 2 aliphatic heterocycles. The summed E-state index contributed by atoms with van der Waals surface area (Å²) < 4.78 is 11.3. The Morgan fingerprint density at radius 2 is 2.33 bits per heavy atom. The third-order valence-corrected chi connectivity index (χ3v) is 3.88. The van der Waals surface area contributed by atoms with Gasteiger partial charge in [-0.1, -0.05) is 6.07 Å². The average Bonchev–Trinajstić information content (AvgIpc) is 2.96. The van der Waals surface area contributed by atoms with Gasteiger partial charge < -0.3 is 14.8 Å². The molecule has 3 heteroatoms. The molecule has 0 spiro atoms. The molecular formula is C15H21NO2. The van der Waals surface area contributed by atoms with Gasteiger partial charge in [-0.3, -0.25) is 0 Å². The largest absolute Gasteiger partial charge is 0.493 e. The van der Waals surface area contributed by atoms with Crippen LogP contribution in [0.15, 0.2) is 12.1 Å². The average molecular weight is 247 g/mol. The summed E-state index contributed by atoms with van der Waals surface area (Å²) >= 11 is 0. The smallest absolute Gasteiger partial charge is 0.164 e. The topological polar surface area (TPSA) is 30.5 Å². The van der Waals surface area contributed by atoms with Crippen molar-refractivity contribution in [1.29, 1.82) is 0 Å². The minimum atomic E-state index is 0.272. The first kappa shape index (κ1) is 11.8. The lowest BCUT2D eigenvalue weighted by Crippen LogP contribution is -2.23. The maximum Gasteiger partial charge on any atom is 0.164 e. The fourth-order valence-electron chi connectivity index (χ4n) is 3.05. The maximum absolute atomic E-state index is 5.81. The predicted octanol–water partition coefficient (Wildman–Crippen LogP) is 2.31. The van der Waals surface area contributed by atoms with E-state index in [9.17, 15) is 0 Å². The van der Waals surface area contributed by atoms with Crippen molar-refractivity contribution in [2.45, 2.75) is 44.8 Å². The van der Waals surface area contributed by atoms with Gasteiger partial charge in [-0.2, -0.15) is 0 Å². The van der Waals surface area contributed by atoms with Crippen LogP contribution in [-0.2, 0) is 12.8 Å². The van der Waals surface area contributed by atoms with Gasteiger partial charge in [-0.05, 0) is 44.4 Å². The van der Waals surface area contributed by atoms with Gasteiger partial charge in [0.05, 0.1) is 7.11 Å². The molecule has 98 valence electrons. The molecule has 2 heterocycles.